The van der Waals surface area contributed by atoms with Crippen molar-refractivity contribution in [2.75, 3.05) is 98.9 Å². The first kappa shape index (κ1) is 71.0. The third-order valence-corrected chi connectivity index (χ3v) is 15.4. The number of hydrogen-bond donors (Lipinski definition) is 12. The summed E-state index contributed by atoms with van der Waals surface area (Å²) in [6.45, 7) is 10.9. The lowest BCUT2D eigenvalue weighted by Gasteiger charge is -2.40. The number of nitrogens with one attached hydrogen (secondary N) is 3. The standard InChI is InChI=1S/C55H103N3O21/c1-36(2)55(34-72-28-19-44(63)57-22-16-25-75-53-38(4)47(66)50(69)41(31-60)78-53,35-73-29-20-45(64)58-23-17-26-76-54-39(5)48(67)51(70)42(32-61)79-54)33-71-27-18-43(62)56-21-14-12-10-8-6-7-9-11-13-15-24-74-52-37(3)46(65)49(68)40(30-59)77-52/h36-42,46-54,59-61,65-70H,6-35H2,1-5H3,(H,56,62)(H,57,63)(H,58,64). The maximum Gasteiger partial charge on any atom is 0.222 e. The van der Waals surface area contributed by atoms with Gasteiger partial charge in [0.15, 0.2) is 18.9 Å². The van der Waals surface area contributed by atoms with Crippen molar-refractivity contribution < 1.29 is 103 Å². The van der Waals surface area contributed by atoms with Gasteiger partial charge in [0.1, 0.15) is 36.6 Å². The molecule has 0 spiro atoms. The van der Waals surface area contributed by atoms with Crippen LogP contribution in [0.3, 0.4) is 0 Å². The predicted molar refractivity (Wildman–Crippen MR) is 287 cm³/mol. The third kappa shape index (κ3) is 25.6. The normalized spacial score (nSPS) is 30.0. The summed E-state index contributed by atoms with van der Waals surface area (Å²) in [6.07, 6.45) is -0.0276. The van der Waals surface area contributed by atoms with Gasteiger partial charge in [0.2, 0.25) is 17.7 Å². The Balaban J connectivity index is 1.32. The number of unbranched alkanes of at least 4 members (excludes halogenated alkanes) is 9. The molecule has 0 saturated carbocycles. The van der Waals surface area contributed by atoms with Gasteiger partial charge in [-0.25, -0.2) is 0 Å². The zero-order chi connectivity index (χ0) is 58.2. The van der Waals surface area contributed by atoms with E-state index in [1.165, 1.54) is 0 Å². The van der Waals surface area contributed by atoms with E-state index in [0.29, 0.717) is 39.1 Å². The van der Waals surface area contributed by atoms with Crippen LogP contribution in [0.2, 0.25) is 0 Å². The fraction of sp³-hybridized carbons (Fsp3) is 0.945. The Morgan fingerprint density at radius 2 is 0.696 bits per heavy atom. The van der Waals surface area contributed by atoms with Gasteiger partial charge in [0, 0.05) is 68.7 Å². The third-order valence-electron chi connectivity index (χ3n) is 15.4. The highest BCUT2D eigenvalue weighted by Gasteiger charge is 2.45. The van der Waals surface area contributed by atoms with E-state index in [-0.39, 0.29) is 108 Å². The summed E-state index contributed by atoms with van der Waals surface area (Å²) in [5.41, 5.74) is -0.686. The van der Waals surface area contributed by atoms with Crippen LogP contribution in [0, 0.1) is 29.1 Å². The Bertz CT molecular complexity index is 1550. The highest BCUT2D eigenvalue weighted by Crippen LogP contribution is 2.31. The fourth-order valence-electron chi connectivity index (χ4n) is 9.51. The molecule has 0 aromatic carbocycles. The fourth-order valence-corrected chi connectivity index (χ4v) is 9.51. The van der Waals surface area contributed by atoms with Crippen molar-refractivity contribution in [3.63, 3.8) is 0 Å². The second-order valence-corrected chi connectivity index (χ2v) is 22.0. The van der Waals surface area contributed by atoms with Gasteiger partial charge in [-0.15, -0.1) is 0 Å². The summed E-state index contributed by atoms with van der Waals surface area (Å²) < 4.78 is 52.3. The molecule has 3 amide bonds. The van der Waals surface area contributed by atoms with Crippen LogP contribution in [0.4, 0.5) is 0 Å². The van der Waals surface area contributed by atoms with Crippen LogP contribution in [0.1, 0.15) is 131 Å². The van der Waals surface area contributed by atoms with Gasteiger partial charge >= 0.3 is 0 Å². The second kappa shape index (κ2) is 40.0. The quantitative estimate of drug-likeness (QED) is 0.0362. The first-order chi connectivity index (χ1) is 37.9. The minimum absolute atomic E-state index is 0.0294. The topological polar surface area (TPSA) is 352 Å². The average molecular weight is 1140 g/mol. The van der Waals surface area contributed by atoms with Gasteiger partial charge < -0.3 is 105 Å². The molecule has 0 aromatic heterocycles. The Hall–Kier alpha value is -2.31. The molecule has 3 aliphatic rings. The number of aliphatic hydroxyl groups excluding tert-OH is 9. The number of carbonyl (C=O) groups excluding carboxylic acids is 3. The largest absolute Gasteiger partial charge is 0.394 e. The molecule has 15 atom stereocenters. The van der Waals surface area contributed by atoms with Crippen LogP contribution in [0.5, 0.6) is 0 Å². The molecule has 0 aliphatic carbocycles. The van der Waals surface area contributed by atoms with Gasteiger partial charge in [-0.2, -0.15) is 0 Å². The lowest BCUT2D eigenvalue weighted by Crippen LogP contribution is -2.55. The van der Waals surface area contributed by atoms with E-state index in [1.807, 2.05) is 13.8 Å². The number of hydrogen-bond acceptors (Lipinski definition) is 21. The number of ether oxygens (including phenoxy) is 9. The molecule has 3 heterocycles. The average Bonchev–Trinajstić information content (AvgIpc) is 3.45. The Morgan fingerprint density at radius 1 is 0.418 bits per heavy atom. The molecule has 3 aliphatic heterocycles. The summed E-state index contributed by atoms with van der Waals surface area (Å²) in [5.74, 6) is -2.02. The van der Waals surface area contributed by atoms with Gasteiger partial charge in [-0.3, -0.25) is 14.4 Å². The SMILES string of the molecule is CC1C(OCCCCCCCCCCCCNC(=O)CCOCC(COCCC(=O)NCCCOC2OC(CO)C(O)C(O)C2C)(COCCC(=O)NCCCOC2OC(CO)C(O)C(O)C2C)C(C)C)OC(CO)C(O)C1O. The molecular formula is C55H103N3O21. The lowest BCUT2D eigenvalue weighted by molar-refractivity contribution is -0.282. The van der Waals surface area contributed by atoms with E-state index in [9.17, 15) is 60.3 Å². The predicted octanol–water partition coefficient (Wildman–Crippen LogP) is 0.154. The van der Waals surface area contributed by atoms with E-state index in [0.717, 1.165) is 64.2 Å². The van der Waals surface area contributed by atoms with Crippen LogP contribution in [0.25, 0.3) is 0 Å². The van der Waals surface area contributed by atoms with Crippen LogP contribution in [-0.2, 0) is 57.0 Å². The highest BCUT2D eigenvalue weighted by atomic mass is 16.7. The molecule has 0 bridgehead atoms. The van der Waals surface area contributed by atoms with Gasteiger partial charge in [-0.1, -0.05) is 86.0 Å². The monoisotopic (exact) mass is 1140 g/mol. The summed E-state index contributed by atoms with van der Waals surface area (Å²) in [7, 11) is 0. The summed E-state index contributed by atoms with van der Waals surface area (Å²) in [4.78, 5) is 38.2. The first-order valence-electron chi connectivity index (χ1n) is 29.2. The molecule has 0 radical (unpaired) electrons. The van der Waals surface area contributed by atoms with E-state index in [2.05, 4.69) is 16.0 Å². The van der Waals surface area contributed by atoms with Crippen LogP contribution in [0.15, 0.2) is 0 Å². The second-order valence-electron chi connectivity index (χ2n) is 22.0. The molecule has 15 unspecified atom stereocenters. The number of aliphatic hydroxyl groups is 9. The zero-order valence-electron chi connectivity index (χ0n) is 47.9. The summed E-state index contributed by atoms with van der Waals surface area (Å²) in [6, 6.07) is 0. The van der Waals surface area contributed by atoms with Crippen molar-refractivity contribution in [3.8, 4) is 0 Å². The Morgan fingerprint density at radius 3 is 1.00 bits per heavy atom. The first-order valence-corrected chi connectivity index (χ1v) is 29.2. The minimum Gasteiger partial charge on any atom is -0.394 e. The van der Waals surface area contributed by atoms with Crippen molar-refractivity contribution in [2.45, 2.75) is 205 Å². The minimum atomic E-state index is -1.22. The van der Waals surface area contributed by atoms with Crippen molar-refractivity contribution in [3.05, 3.63) is 0 Å². The molecule has 3 saturated heterocycles. The summed E-state index contributed by atoms with van der Waals surface area (Å²) in [5, 5.41) is 97.9. The van der Waals surface area contributed by atoms with E-state index in [4.69, 9.17) is 42.6 Å². The lowest BCUT2D eigenvalue weighted by atomic mass is 9.79. The van der Waals surface area contributed by atoms with Crippen LogP contribution in [-0.4, -0.2) is 236 Å². The molecule has 24 nitrogen and oxygen atoms in total. The molecule has 12 N–H and O–H groups in total. The van der Waals surface area contributed by atoms with E-state index >= 15 is 0 Å². The molecule has 0 aromatic rings. The highest BCUT2D eigenvalue weighted by molar-refractivity contribution is 5.76. The van der Waals surface area contributed by atoms with Gasteiger partial charge in [0.25, 0.3) is 0 Å². The number of rotatable bonds is 43. The van der Waals surface area contributed by atoms with Gasteiger partial charge in [-0.05, 0) is 31.6 Å². The van der Waals surface area contributed by atoms with E-state index in [1.54, 1.807) is 20.8 Å². The van der Waals surface area contributed by atoms with Crippen molar-refractivity contribution >= 4 is 17.7 Å². The molecule has 24 heteroatoms. The maximum absolute atomic E-state index is 12.7. The van der Waals surface area contributed by atoms with Crippen LogP contribution >= 0.6 is 0 Å². The maximum atomic E-state index is 12.7. The van der Waals surface area contributed by atoms with Crippen molar-refractivity contribution in [2.24, 2.45) is 29.1 Å². The van der Waals surface area contributed by atoms with Crippen molar-refractivity contribution in [1.29, 1.82) is 0 Å². The van der Waals surface area contributed by atoms with Crippen LogP contribution < -0.4 is 16.0 Å². The van der Waals surface area contributed by atoms with Gasteiger partial charge in [0.05, 0.1) is 91.0 Å². The molecule has 464 valence electrons. The molecule has 3 fully saturated rings. The Labute approximate surface area is 468 Å². The molecule has 79 heavy (non-hydrogen) atoms. The molecule has 3 rings (SSSR count). The zero-order valence-corrected chi connectivity index (χ0v) is 47.9. The number of amides is 3. The Kier molecular flexibility index (Phi) is 36.0. The number of carbonyl (C=O) groups is 3. The van der Waals surface area contributed by atoms with Crippen molar-refractivity contribution in [1.82, 2.24) is 16.0 Å². The summed E-state index contributed by atoms with van der Waals surface area (Å²) >= 11 is 0. The molecular weight excluding hydrogens is 1040 g/mol. The van der Waals surface area contributed by atoms with E-state index < -0.39 is 104 Å². The smallest absolute Gasteiger partial charge is 0.222 e.